The van der Waals surface area contributed by atoms with Gasteiger partial charge in [0.1, 0.15) is 18.3 Å². The van der Waals surface area contributed by atoms with Crippen molar-refractivity contribution in [3.05, 3.63) is 52.4 Å². The summed E-state index contributed by atoms with van der Waals surface area (Å²) in [5.41, 5.74) is 1.64. The lowest BCUT2D eigenvalue weighted by atomic mass is 9.97. The fraction of sp³-hybridized carbons (Fsp3) is 0.500. The lowest BCUT2D eigenvalue weighted by Crippen LogP contribution is -2.45. The van der Waals surface area contributed by atoms with Crippen LogP contribution in [0.15, 0.2) is 41.3 Å². The molecule has 0 spiro atoms. The van der Waals surface area contributed by atoms with E-state index >= 15 is 0 Å². The SMILES string of the molecule is CC(C)N(C)c1cnn([C@H]2CCCN(C(=O)[C@@H]3COc4ccccc43)C2)c(=O)c1. The second-order valence-electron chi connectivity index (χ2n) is 8.18. The Bertz CT molecular complexity index is 955. The first-order valence-corrected chi connectivity index (χ1v) is 10.3. The van der Waals surface area contributed by atoms with E-state index in [4.69, 9.17) is 4.74 Å². The van der Waals surface area contributed by atoms with Gasteiger partial charge in [-0.15, -0.1) is 0 Å². The van der Waals surface area contributed by atoms with Crippen molar-refractivity contribution in [3.63, 3.8) is 0 Å². The van der Waals surface area contributed by atoms with Crippen LogP contribution in [0.5, 0.6) is 5.75 Å². The first-order chi connectivity index (χ1) is 14.0. The van der Waals surface area contributed by atoms with Gasteiger partial charge in [-0.25, -0.2) is 4.68 Å². The lowest BCUT2D eigenvalue weighted by molar-refractivity contribution is -0.134. The molecule has 1 fully saturated rings. The first-order valence-electron chi connectivity index (χ1n) is 10.3. The Balaban J connectivity index is 1.50. The fourth-order valence-corrected chi connectivity index (χ4v) is 4.12. The molecule has 7 heteroatoms. The third-order valence-electron chi connectivity index (χ3n) is 6.05. The van der Waals surface area contributed by atoms with Crippen molar-refractivity contribution < 1.29 is 9.53 Å². The smallest absolute Gasteiger partial charge is 0.269 e. The normalized spacial score (nSPS) is 21.0. The molecule has 1 aromatic carbocycles. The van der Waals surface area contributed by atoms with E-state index in [1.807, 2.05) is 41.1 Å². The molecule has 154 valence electrons. The van der Waals surface area contributed by atoms with Crippen molar-refractivity contribution in [2.24, 2.45) is 0 Å². The number of carbonyl (C=O) groups excluding carboxylic acids is 1. The van der Waals surface area contributed by atoms with E-state index in [-0.39, 0.29) is 29.5 Å². The molecular formula is C22H28N4O3. The van der Waals surface area contributed by atoms with Gasteiger partial charge in [-0.2, -0.15) is 5.10 Å². The number of amides is 1. The van der Waals surface area contributed by atoms with Crippen LogP contribution >= 0.6 is 0 Å². The van der Waals surface area contributed by atoms with Gasteiger partial charge in [0.05, 0.1) is 17.9 Å². The number of nitrogens with zero attached hydrogens (tertiary/aromatic N) is 4. The van der Waals surface area contributed by atoms with Gasteiger partial charge in [0.15, 0.2) is 0 Å². The molecular weight excluding hydrogens is 368 g/mol. The highest BCUT2D eigenvalue weighted by molar-refractivity contribution is 5.85. The molecule has 2 aliphatic rings. The van der Waals surface area contributed by atoms with Gasteiger partial charge in [0.25, 0.3) is 5.56 Å². The molecule has 0 radical (unpaired) electrons. The van der Waals surface area contributed by atoms with E-state index in [1.54, 1.807) is 12.3 Å². The van der Waals surface area contributed by atoms with Crippen LogP contribution in [-0.2, 0) is 4.79 Å². The summed E-state index contributed by atoms with van der Waals surface area (Å²) in [7, 11) is 1.95. The summed E-state index contributed by atoms with van der Waals surface area (Å²) in [6, 6.07) is 9.54. The van der Waals surface area contributed by atoms with Crippen molar-refractivity contribution in [2.45, 2.75) is 44.7 Å². The second-order valence-corrected chi connectivity index (χ2v) is 8.18. The van der Waals surface area contributed by atoms with E-state index in [2.05, 4.69) is 18.9 Å². The van der Waals surface area contributed by atoms with Gasteiger partial charge in [-0.1, -0.05) is 18.2 Å². The maximum atomic E-state index is 13.2. The number of anilines is 1. The van der Waals surface area contributed by atoms with Crippen LogP contribution in [0.1, 0.15) is 44.2 Å². The molecule has 2 aliphatic heterocycles. The number of rotatable bonds is 4. The van der Waals surface area contributed by atoms with E-state index < -0.39 is 0 Å². The van der Waals surface area contributed by atoms with Crippen LogP contribution in [0.2, 0.25) is 0 Å². The van der Waals surface area contributed by atoms with Gasteiger partial charge < -0.3 is 14.5 Å². The molecule has 1 aromatic heterocycles. The topological polar surface area (TPSA) is 67.7 Å². The summed E-state index contributed by atoms with van der Waals surface area (Å²) in [4.78, 5) is 29.8. The van der Waals surface area contributed by atoms with Crippen molar-refractivity contribution in [1.29, 1.82) is 0 Å². The molecule has 1 amide bonds. The number of aromatic nitrogens is 2. The largest absolute Gasteiger partial charge is 0.492 e. The Morgan fingerprint density at radius 2 is 2.10 bits per heavy atom. The molecule has 4 rings (SSSR count). The van der Waals surface area contributed by atoms with Crippen LogP contribution in [0.4, 0.5) is 5.69 Å². The summed E-state index contributed by atoms with van der Waals surface area (Å²) < 4.78 is 7.23. The average molecular weight is 396 g/mol. The Morgan fingerprint density at radius 1 is 1.31 bits per heavy atom. The van der Waals surface area contributed by atoms with E-state index in [0.29, 0.717) is 19.7 Å². The summed E-state index contributed by atoms with van der Waals surface area (Å²) >= 11 is 0. The molecule has 0 N–H and O–H groups in total. The number of piperidine rings is 1. The Morgan fingerprint density at radius 3 is 2.86 bits per heavy atom. The zero-order valence-electron chi connectivity index (χ0n) is 17.2. The van der Waals surface area contributed by atoms with Crippen molar-refractivity contribution >= 4 is 11.6 Å². The van der Waals surface area contributed by atoms with Crippen molar-refractivity contribution in [1.82, 2.24) is 14.7 Å². The van der Waals surface area contributed by atoms with Gasteiger partial charge in [0.2, 0.25) is 5.91 Å². The number of fused-ring (bicyclic) bond motifs is 1. The Kier molecular flexibility index (Phi) is 5.30. The summed E-state index contributed by atoms with van der Waals surface area (Å²) in [6.07, 6.45) is 3.43. The van der Waals surface area contributed by atoms with E-state index in [9.17, 15) is 9.59 Å². The van der Waals surface area contributed by atoms with Crippen LogP contribution in [0, 0.1) is 0 Å². The van der Waals surface area contributed by atoms with Crippen LogP contribution in [0.25, 0.3) is 0 Å². The molecule has 2 aromatic rings. The van der Waals surface area contributed by atoms with Crippen molar-refractivity contribution in [2.75, 3.05) is 31.6 Å². The first kappa shape index (κ1) is 19.5. The quantitative estimate of drug-likeness (QED) is 0.794. The molecule has 2 atom stereocenters. The van der Waals surface area contributed by atoms with Crippen LogP contribution in [0.3, 0.4) is 0 Å². The summed E-state index contributed by atoms with van der Waals surface area (Å²) in [5.74, 6) is 0.600. The molecule has 7 nitrogen and oxygen atoms in total. The zero-order chi connectivity index (χ0) is 20.5. The number of hydrogen-bond acceptors (Lipinski definition) is 5. The number of ether oxygens (including phenoxy) is 1. The minimum atomic E-state index is -0.267. The van der Waals surface area contributed by atoms with Crippen LogP contribution < -0.4 is 15.2 Å². The lowest BCUT2D eigenvalue weighted by Gasteiger charge is -2.34. The Labute approximate surface area is 170 Å². The monoisotopic (exact) mass is 396 g/mol. The zero-order valence-corrected chi connectivity index (χ0v) is 17.2. The third-order valence-corrected chi connectivity index (χ3v) is 6.05. The number of hydrogen-bond donors (Lipinski definition) is 0. The maximum Gasteiger partial charge on any atom is 0.269 e. The number of likely N-dealkylation sites (tertiary alicyclic amines) is 1. The summed E-state index contributed by atoms with van der Waals surface area (Å²) in [5, 5.41) is 4.43. The number of para-hydroxylation sites is 1. The standard InChI is InChI=1S/C22H28N4O3/c1-15(2)24(3)17-11-21(27)26(23-12-17)16-7-6-10-25(13-16)22(28)19-14-29-20-9-5-4-8-18(19)20/h4-5,8-9,11-12,15-16,19H,6-7,10,13-14H2,1-3H3/t16-,19+/m0/s1. The number of benzene rings is 1. The van der Waals surface area contributed by atoms with E-state index in [1.165, 1.54) is 4.68 Å². The van der Waals surface area contributed by atoms with Gasteiger partial charge in [-0.05, 0) is 32.8 Å². The molecule has 0 bridgehead atoms. The highest BCUT2D eigenvalue weighted by Crippen LogP contribution is 2.35. The minimum Gasteiger partial charge on any atom is -0.492 e. The van der Waals surface area contributed by atoms with Gasteiger partial charge >= 0.3 is 0 Å². The second kappa shape index (κ2) is 7.89. The molecule has 3 heterocycles. The predicted octanol–water partition coefficient (Wildman–Crippen LogP) is 2.43. The minimum absolute atomic E-state index is 0.0730. The van der Waals surface area contributed by atoms with Crippen molar-refractivity contribution in [3.8, 4) is 5.75 Å². The molecule has 29 heavy (non-hydrogen) atoms. The van der Waals surface area contributed by atoms with E-state index in [0.717, 1.165) is 29.8 Å². The molecule has 0 aliphatic carbocycles. The Hall–Kier alpha value is -2.83. The third kappa shape index (κ3) is 3.73. The molecule has 0 saturated carbocycles. The molecule has 1 saturated heterocycles. The highest BCUT2D eigenvalue weighted by atomic mass is 16.5. The van der Waals surface area contributed by atoms with Gasteiger partial charge in [-0.3, -0.25) is 9.59 Å². The fourth-order valence-electron chi connectivity index (χ4n) is 4.12. The van der Waals surface area contributed by atoms with Crippen LogP contribution in [-0.4, -0.2) is 53.4 Å². The summed E-state index contributed by atoms with van der Waals surface area (Å²) in [6.45, 7) is 5.73. The number of carbonyl (C=O) groups is 1. The molecule has 0 unspecified atom stereocenters. The maximum absolute atomic E-state index is 13.2. The predicted molar refractivity (Wildman–Crippen MR) is 112 cm³/mol. The van der Waals surface area contributed by atoms with Gasteiger partial charge in [0, 0.05) is 37.8 Å². The highest BCUT2D eigenvalue weighted by Gasteiger charge is 2.35. The average Bonchev–Trinajstić information content (AvgIpc) is 3.16.